The zero-order valence-corrected chi connectivity index (χ0v) is 16.4. The number of anilines is 2. The van der Waals surface area contributed by atoms with Crippen molar-refractivity contribution < 1.29 is 13.2 Å². The molecule has 1 saturated carbocycles. The van der Waals surface area contributed by atoms with Gasteiger partial charge >= 0.3 is 0 Å². The number of nitrogens with one attached hydrogen (secondary N) is 1. The van der Waals surface area contributed by atoms with Gasteiger partial charge in [-0.1, -0.05) is 42.6 Å². The second-order valence-electron chi connectivity index (χ2n) is 7.10. The Balaban J connectivity index is 1.60. The number of benzene rings is 2. The Morgan fingerprint density at radius 3 is 2.59 bits per heavy atom. The number of rotatable bonds is 4. The van der Waals surface area contributed by atoms with E-state index in [1.165, 1.54) is 6.07 Å². The lowest BCUT2D eigenvalue weighted by atomic mass is 10.1. The van der Waals surface area contributed by atoms with E-state index in [9.17, 15) is 13.2 Å². The molecule has 1 heterocycles. The first-order valence-electron chi connectivity index (χ1n) is 9.17. The highest BCUT2D eigenvalue weighted by atomic mass is 35.5. The highest BCUT2D eigenvalue weighted by Crippen LogP contribution is 2.35. The third kappa shape index (κ3) is 3.56. The van der Waals surface area contributed by atoms with E-state index >= 15 is 0 Å². The van der Waals surface area contributed by atoms with Gasteiger partial charge in [0.15, 0.2) is 0 Å². The third-order valence-corrected chi connectivity index (χ3v) is 7.21. The fourth-order valence-electron chi connectivity index (χ4n) is 3.94. The average Bonchev–Trinajstić information content (AvgIpc) is 3.31. The summed E-state index contributed by atoms with van der Waals surface area (Å²) < 4.78 is 27.9. The lowest BCUT2D eigenvalue weighted by Crippen LogP contribution is -2.33. The summed E-state index contributed by atoms with van der Waals surface area (Å²) in [5.74, 6) is 0.261. The summed E-state index contributed by atoms with van der Waals surface area (Å²) in [6.45, 7) is 0.658. The number of carbonyl (C=O) groups is 1. The molecule has 0 radical (unpaired) electrons. The number of fused-ring (bicyclic) bond motifs is 1. The zero-order valence-electron chi connectivity index (χ0n) is 14.8. The van der Waals surface area contributed by atoms with Gasteiger partial charge in [0.05, 0.1) is 10.7 Å². The monoisotopic (exact) mass is 404 g/mol. The summed E-state index contributed by atoms with van der Waals surface area (Å²) in [6.07, 6.45) is 4.90. The SMILES string of the molecule is O=C(C1CCCC1)N1CCc2ccc(NS(=O)(=O)c3ccccc3Cl)cc21. The third-order valence-electron chi connectivity index (χ3n) is 5.33. The van der Waals surface area contributed by atoms with E-state index < -0.39 is 10.0 Å². The minimum absolute atomic E-state index is 0.0334. The standard InChI is InChI=1S/C20H21ClN2O3S/c21-17-7-3-4-8-19(17)27(25,26)22-16-10-9-14-11-12-23(18(14)13-16)20(24)15-5-1-2-6-15/h3-4,7-10,13,15,22H,1-2,5-6,11-12H2. The van der Waals surface area contributed by atoms with Crippen LogP contribution in [0.25, 0.3) is 0 Å². The molecule has 0 atom stereocenters. The largest absolute Gasteiger partial charge is 0.312 e. The van der Waals surface area contributed by atoms with Crippen LogP contribution in [0.1, 0.15) is 31.2 Å². The van der Waals surface area contributed by atoms with Crippen molar-refractivity contribution in [2.24, 2.45) is 5.92 Å². The molecule has 7 heteroatoms. The number of nitrogens with zero attached hydrogens (tertiary/aromatic N) is 1. The molecule has 0 unspecified atom stereocenters. The lowest BCUT2D eigenvalue weighted by molar-refractivity contribution is -0.122. The summed E-state index contributed by atoms with van der Waals surface area (Å²) in [5.41, 5.74) is 2.31. The van der Waals surface area contributed by atoms with Crippen LogP contribution in [0.5, 0.6) is 0 Å². The van der Waals surface area contributed by atoms with Gasteiger partial charge in [-0.3, -0.25) is 9.52 Å². The van der Waals surface area contributed by atoms with E-state index in [0.29, 0.717) is 12.2 Å². The molecule has 5 nitrogen and oxygen atoms in total. The average molecular weight is 405 g/mol. The molecule has 1 N–H and O–H groups in total. The van der Waals surface area contributed by atoms with Crippen LogP contribution >= 0.6 is 11.6 Å². The molecule has 0 spiro atoms. The van der Waals surface area contributed by atoms with Gasteiger partial charge in [0.25, 0.3) is 10.0 Å². The van der Waals surface area contributed by atoms with Crippen molar-refractivity contribution in [1.82, 2.24) is 0 Å². The van der Waals surface area contributed by atoms with Crippen LogP contribution in [0.3, 0.4) is 0 Å². The summed E-state index contributed by atoms with van der Waals surface area (Å²) in [7, 11) is -3.80. The zero-order chi connectivity index (χ0) is 19.0. The van der Waals surface area contributed by atoms with Gasteiger partial charge in [-0.2, -0.15) is 0 Å². The second kappa shape index (κ2) is 7.17. The first-order chi connectivity index (χ1) is 13.0. The minimum Gasteiger partial charge on any atom is -0.312 e. The Bertz CT molecular complexity index is 984. The predicted octanol–water partition coefficient (Wildman–Crippen LogP) is 4.22. The van der Waals surface area contributed by atoms with E-state index in [-0.39, 0.29) is 21.7 Å². The molecule has 2 aromatic carbocycles. The maximum atomic E-state index is 12.8. The quantitative estimate of drug-likeness (QED) is 0.829. The Hall–Kier alpha value is -2.05. The molecule has 0 saturated heterocycles. The maximum Gasteiger partial charge on any atom is 0.263 e. The van der Waals surface area contributed by atoms with Crippen molar-refractivity contribution in [1.29, 1.82) is 0 Å². The van der Waals surface area contributed by atoms with Crippen molar-refractivity contribution in [2.75, 3.05) is 16.2 Å². The van der Waals surface area contributed by atoms with Gasteiger partial charge in [-0.05, 0) is 49.1 Å². The molecular formula is C20H21ClN2O3S. The van der Waals surface area contributed by atoms with Gasteiger partial charge in [0, 0.05) is 18.2 Å². The molecule has 0 bridgehead atoms. The maximum absolute atomic E-state index is 12.8. The van der Waals surface area contributed by atoms with Crippen LogP contribution in [0, 0.1) is 5.92 Å². The molecule has 2 aromatic rings. The van der Waals surface area contributed by atoms with Crippen LogP contribution < -0.4 is 9.62 Å². The normalized spacial score (nSPS) is 17.1. The molecule has 1 fully saturated rings. The molecular weight excluding hydrogens is 384 g/mol. The van der Waals surface area contributed by atoms with E-state index in [1.807, 2.05) is 11.0 Å². The Labute approximate surface area is 164 Å². The van der Waals surface area contributed by atoms with E-state index in [0.717, 1.165) is 43.4 Å². The molecule has 1 aliphatic heterocycles. The van der Waals surface area contributed by atoms with Crippen molar-refractivity contribution in [3.8, 4) is 0 Å². The molecule has 2 aliphatic rings. The number of halogens is 1. The van der Waals surface area contributed by atoms with Gasteiger partial charge in [0.2, 0.25) is 5.91 Å². The van der Waals surface area contributed by atoms with Crippen LogP contribution in [0.15, 0.2) is 47.4 Å². The molecule has 0 aromatic heterocycles. The van der Waals surface area contributed by atoms with Gasteiger partial charge in [-0.15, -0.1) is 0 Å². The highest BCUT2D eigenvalue weighted by molar-refractivity contribution is 7.92. The number of carbonyl (C=O) groups excluding carboxylic acids is 1. The molecule has 4 rings (SSSR count). The molecule has 1 amide bonds. The predicted molar refractivity (Wildman–Crippen MR) is 107 cm³/mol. The molecule has 27 heavy (non-hydrogen) atoms. The highest BCUT2D eigenvalue weighted by Gasteiger charge is 2.32. The lowest BCUT2D eigenvalue weighted by Gasteiger charge is -2.22. The van der Waals surface area contributed by atoms with Crippen LogP contribution in [0.4, 0.5) is 11.4 Å². The summed E-state index contributed by atoms with van der Waals surface area (Å²) >= 11 is 6.03. The van der Waals surface area contributed by atoms with Crippen molar-refractivity contribution >= 4 is 38.9 Å². The Morgan fingerprint density at radius 2 is 1.85 bits per heavy atom. The van der Waals surface area contributed by atoms with E-state index in [2.05, 4.69) is 4.72 Å². The van der Waals surface area contributed by atoms with Crippen molar-refractivity contribution in [3.63, 3.8) is 0 Å². The number of hydrogen-bond acceptors (Lipinski definition) is 3. The van der Waals surface area contributed by atoms with Crippen molar-refractivity contribution in [2.45, 2.75) is 37.0 Å². The number of sulfonamides is 1. The summed E-state index contributed by atoms with van der Waals surface area (Å²) in [5, 5.41) is 0.171. The summed E-state index contributed by atoms with van der Waals surface area (Å²) in [4.78, 5) is 14.7. The topological polar surface area (TPSA) is 66.5 Å². The van der Waals surface area contributed by atoms with E-state index in [1.54, 1.807) is 30.3 Å². The fourth-order valence-corrected chi connectivity index (χ4v) is 5.51. The smallest absolute Gasteiger partial charge is 0.263 e. The summed E-state index contributed by atoms with van der Waals surface area (Å²) in [6, 6.07) is 11.7. The number of amides is 1. The van der Waals surface area contributed by atoms with Crippen molar-refractivity contribution in [3.05, 3.63) is 53.1 Å². The van der Waals surface area contributed by atoms with Gasteiger partial charge in [-0.25, -0.2) is 8.42 Å². The molecule has 142 valence electrons. The first kappa shape index (κ1) is 18.3. The molecule has 1 aliphatic carbocycles. The van der Waals surface area contributed by atoms with Crippen LogP contribution in [-0.2, 0) is 21.2 Å². The van der Waals surface area contributed by atoms with Crippen LogP contribution in [0.2, 0.25) is 5.02 Å². The Morgan fingerprint density at radius 1 is 1.11 bits per heavy atom. The minimum atomic E-state index is -3.80. The van der Waals surface area contributed by atoms with Gasteiger partial charge < -0.3 is 4.90 Å². The second-order valence-corrected chi connectivity index (χ2v) is 9.16. The van der Waals surface area contributed by atoms with Crippen LogP contribution in [-0.4, -0.2) is 20.9 Å². The number of hydrogen-bond donors (Lipinski definition) is 1. The fraction of sp³-hybridized carbons (Fsp3) is 0.350. The van der Waals surface area contributed by atoms with Gasteiger partial charge in [0.1, 0.15) is 4.90 Å². The van der Waals surface area contributed by atoms with E-state index in [4.69, 9.17) is 11.6 Å². The Kier molecular flexibility index (Phi) is 4.86. The first-order valence-corrected chi connectivity index (χ1v) is 11.0.